The summed E-state index contributed by atoms with van der Waals surface area (Å²) in [4.78, 5) is 22.0. The predicted molar refractivity (Wildman–Crippen MR) is 60.8 cm³/mol. The molecule has 0 saturated carbocycles. The Morgan fingerprint density at radius 3 is 2.44 bits per heavy atom. The van der Waals surface area contributed by atoms with Crippen molar-refractivity contribution in [3.8, 4) is 0 Å². The lowest BCUT2D eigenvalue weighted by molar-refractivity contribution is -0.138. The number of ether oxygens (including phenoxy) is 1. The highest BCUT2D eigenvalue weighted by Crippen LogP contribution is 2.35. The van der Waals surface area contributed by atoms with Gasteiger partial charge in [-0.3, -0.25) is 4.79 Å². The molecule has 0 atom stereocenters. The van der Waals surface area contributed by atoms with E-state index < -0.39 is 17.7 Å². The summed E-state index contributed by atoms with van der Waals surface area (Å²) in [6, 6.07) is 1.78. The number of halogens is 4. The average molecular weight is 325 g/mol. The molecule has 3 nitrogen and oxygen atoms in total. The fourth-order valence-corrected chi connectivity index (χ4v) is 2.06. The maximum Gasteiger partial charge on any atom is 0.416 e. The minimum absolute atomic E-state index is 0.175. The Morgan fingerprint density at radius 2 is 2.06 bits per heavy atom. The van der Waals surface area contributed by atoms with Gasteiger partial charge in [-0.2, -0.15) is 13.2 Å². The second-order valence-corrected chi connectivity index (χ2v) is 3.90. The van der Waals surface area contributed by atoms with Crippen molar-refractivity contribution in [1.29, 1.82) is 0 Å². The largest absolute Gasteiger partial charge is 0.465 e. The highest BCUT2D eigenvalue weighted by Gasteiger charge is 2.35. The van der Waals surface area contributed by atoms with Crippen LogP contribution in [-0.4, -0.2) is 19.4 Å². The number of esters is 1. The average Bonchev–Trinajstić information content (AvgIpc) is 2.34. The van der Waals surface area contributed by atoms with Crippen molar-refractivity contribution in [2.75, 3.05) is 7.11 Å². The van der Waals surface area contributed by atoms with Gasteiger partial charge in [-0.25, -0.2) is 4.79 Å². The van der Waals surface area contributed by atoms with Crippen LogP contribution in [0.3, 0.4) is 0 Å². The maximum atomic E-state index is 12.8. The summed E-state index contributed by atoms with van der Waals surface area (Å²) in [7, 11) is 1.06. The van der Waals surface area contributed by atoms with Crippen molar-refractivity contribution in [3.05, 3.63) is 34.4 Å². The summed E-state index contributed by atoms with van der Waals surface area (Å²) in [5.74, 6) is -0.918. The Hall–Kier alpha value is -1.37. The molecule has 1 rings (SSSR count). The van der Waals surface area contributed by atoms with Gasteiger partial charge in [-0.05, 0) is 17.7 Å². The second kappa shape index (κ2) is 5.51. The van der Waals surface area contributed by atoms with E-state index >= 15 is 0 Å². The number of hydrogen-bond donors (Lipinski definition) is 0. The van der Waals surface area contributed by atoms with Gasteiger partial charge in [0.2, 0.25) is 0 Å². The highest BCUT2D eigenvalue weighted by atomic mass is 79.9. The van der Waals surface area contributed by atoms with Crippen LogP contribution >= 0.6 is 15.9 Å². The Balaban J connectivity index is 3.60. The summed E-state index contributed by atoms with van der Waals surface area (Å²) < 4.78 is 42.8. The molecule has 98 valence electrons. The Morgan fingerprint density at radius 1 is 1.44 bits per heavy atom. The molecular weight excluding hydrogens is 317 g/mol. The standard InChI is InChI=1S/C11H8BrF3O3/c1-18-10(17)7-2-6(5-16)3-9(8(7)4-12)11(13,14)15/h2-3,5H,4H2,1H3. The van der Waals surface area contributed by atoms with Crippen LogP contribution in [-0.2, 0) is 16.2 Å². The molecule has 7 heteroatoms. The minimum Gasteiger partial charge on any atom is -0.465 e. The molecule has 0 N–H and O–H groups in total. The van der Waals surface area contributed by atoms with Crippen LogP contribution in [0.5, 0.6) is 0 Å². The zero-order valence-electron chi connectivity index (χ0n) is 9.18. The van der Waals surface area contributed by atoms with Crippen molar-refractivity contribution >= 4 is 28.2 Å². The lowest BCUT2D eigenvalue weighted by Crippen LogP contribution is -2.15. The van der Waals surface area contributed by atoms with Gasteiger partial charge in [0.05, 0.1) is 18.2 Å². The van der Waals surface area contributed by atoms with E-state index in [-0.39, 0.29) is 28.3 Å². The molecule has 1 aromatic carbocycles. The molecule has 0 saturated heterocycles. The van der Waals surface area contributed by atoms with Gasteiger partial charge >= 0.3 is 12.1 Å². The zero-order valence-corrected chi connectivity index (χ0v) is 10.8. The van der Waals surface area contributed by atoms with E-state index in [9.17, 15) is 22.8 Å². The van der Waals surface area contributed by atoms with Crippen LogP contribution in [0, 0.1) is 0 Å². The minimum atomic E-state index is -4.65. The molecule has 0 bridgehead atoms. The van der Waals surface area contributed by atoms with Gasteiger partial charge in [0.1, 0.15) is 6.29 Å². The van der Waals surface area contributed by atoms with Crippen LogP contribution in [0.15, 0.2) is 12.1 Å². The Bertz CT molecular complexity index is 483. The zero-order chi connectivity index (χ0) is 13.9. The second-order valence-electron chi connectivity index (χ2n) is 3.34. The molecule has 0 amide bonds. The molecule has 0 aliphatic heterocycles. The van der Waals surface area contributed by atoms with Crippen molar-refractivity contribution in [1.82, 2.24) is 0 Å². The molecule has 0 spiro atoms. The van der Waals surface area contributed by atoms with Gasteiger partial charge in [0.25, 0.3) is 0 Å². The van der Waals surface area contributed by atoms with E-state index in [0.29, 0.717) is 6.07 Å². The first-order chi connectivity index (χ1) is 8.35. The first-order valence-electron chi connectivity index (χ1n) is 4.68. The number of hydrogen-bond acceptors (Lipinski definition) is 3. The third-order valence-electron chi connectivity index (χ3n) is 2.25. The summed E-state index contributed by atoms with van der Waals surface area (Å²) in [6.45, 7) is 0. The lowest BCUT2D eigenvalue weighted by atomic mass is 9.98. The topological polar surface area (TPSA) is 43.4 Å². The number of methoxy groups -OCH3 is 1. The predicted octanol–water partition coefficient (Wildman–Crippen LogP) is 3.20. The quantitative estimate of drug-likeness (QED) is 0.487. The van der Waals surface area contributed by atoms with Gasteiger partial charge in [-0.1, -0.05) is 15.9 Å². The number of benzene rings is 1. The molecule has 0 heterocycles. The number of carbonyl (C=O) groups is 2. The molecule has 18 heavy (non-hydrogen) atoms. The normalized spacial score (nSPS) is 11.2. The monoisotopic (exact) mass is 324 g/mol. The third kappa shape index (κ3) is 2.90. The van der Waals surface area contributed by atoms with Crippen LogP contribution in [0.25, 0.3) is 0 Å². The number of alkyl halides is 4. The van der Waals surface area contributed by atoms with E-state index in [1.165, 1.54) is 0 Å². The Kier molecular flexibility index (Phi) is 4.50. The van der Waals surface area contributed by atoms with Crippen LogP contribution in [0.4, 0.5) is 13.2 Å². The SMILES string of the molecule is COC(=O)c1cc(C=O)cc(C(F)(F)F)c1CBr. The molecular formula is C11H8BrF3O3. The molecule has 0 aromatic heterocycles. The van der Waals surface area contributed by atoms with Crippen LogP contribution in [0.2, 0.25) is 0 Å². The number of rotatable bonds is 3. The lowest BCUT2D eigenvalue weighted by Gasteiger charge is -2.15. The molecule has 0 fully saturated rings. The third-order valence-corrected chi connectivity index (χ3v) is 2.81. The molecule has 0 aliphatic carbocycles. The van der Waals surface area contributed by atoms with Crippen molar-refractivity contribution in [2.45, 2.75) is 11.5 Å². The number of carbonyl (C=O) groups excluding carboxylic acids is 2. The van der Waals surface area contributed by atoms with E-state index in [1.807, 2.05) is 0 Å². The molecule has 1 aromatic rings. The maximum absolute atomic E-state index is 12.8. The first kappa shape index (κ1) is 14.7. The van der Waals surface area contributed by atoms with E-state index in [4.69, 9.17) is 0 Å². The fourth-order valence-electron chi connectivity index (χ4n) is 1.45. The van der Waals surface area contributed by atoms with Gasteiger partial charge in [-0.15, -0.1) is 0 Å². The summed E-state index contributed by atoms with van der Waals surface area (Å²) in [6.07, 6.45) is -4.40. The van der Waals surface area contributed by atoms with Crippen LogP contribution < -0.4 is 0 Å². The van der Waals surface area contributed by atoms with Gasteiger partial charge in [0, 0.05) is 10.9 Å². The summed E-state index contributed by atoms with van der Waals surface area (Å²) in [5.41, 5.74) is -1.77. The Labute approximate surface area is 109 Å². The van der Waals surface area contributed by atoms with Gasteiger partial charge < -0.3 is 4.74 Å². The van der Waals surface area contributed by atoms with Crippen molar-refractivity contribution < 1.29 is 27.5 Å². The van der Waals surface area contributed by atoms with Crippen molar-refractivity contribution in [3.63, 3.8) is 0 Å². The summed E-state index contributed by atoms with van der Waals surface area (Å²) >= 11 is 2.90. The van der Waals surface area contributed by atoms with E-state index in [1.54, 1.807) is 0 Å². The van der Waals surface area contributed by atoms with Crippen LogP contribution in [0.1, 0.15) is 31.8 Å². The van der Waals surface area contributed by atoms with Gasteiger partial charge in [0.15, 0.2) is 0 Å². The first-order valence-corrected chi connectivity index (χ1v) is 5.80. The highest BCUT2D eigenvalue weighted by molar-refractivity contribution is 9.08. The molecule has 0 unspecified atom stereocenters. The number of aldehydes is 1. The molecule has 0 radical (unpaired) electrons. The van der Waals surface area contributed by atoms with E-state index in [0.717, 1.165) is 13.2 Å². The smallest absolute Gasteiger partial charge is 0.416 e. The van der Waals surface area contributed by atoms with Crippen molar-refractivity contribution in [2.24, 2.45) is 0 Å². The molecule has 0 aliphatic rings. The fraction of sp³-hybridized carbons (Fsp3) is 0.273. The summed E-state index contributed by atoms with van der Waals surface area (Å²) in [5, 5.41) is -0.175. The van der Waals surface area contributed by atoms with E-state index in [2.05, 4.69) is 20.7 Å².